The fourth-order valence-corrected chi connectivity index (χ4v) is 5.42. The monoisotopic (exact) mass is 433 g/mol. The molecular weight excluding hydrogens is 409 g/mol. The van der Waals surface area contributed by atoms with Crippen LogP contribution in [-0.2, 0) is 10.0 Å². The minimum atomic E-state index is -3.88. The lowest BCUT2D eigenvalue weighted by Gasteiger charge is -2.34. The second-order valence-electron chi connectivity index (χ2n) is 7.56. The minimum Gasteiger partial charge on any atom is -0.338 e. The maximum atomic E-state index is 13.4. The van der Waals surface area contributed by atoms with Gasteiger partial charge in [0.2, 0.25) is 5.95 Å². The van der Waals surface area contributed by atoms with Crippen LogP contribution in [-0.4, -0.2) is 72.8 Å². The van der Waals surface area contributed by atoms with Crippen LogP contribution >= 0.6 is 0 Å². The third-order valence-electron chi connectivity index (χ3n) is 5.49. The van der Waals surface area contributed by atoms with Crippen molar-refractivity contribution in [3.8, 4) is 0 Å². The number of fused-ring (bicyclic) bond motifs is 1. The van der Waals surface area contributed by atoms with Crippen molar-refractivity contribution in [1.29, 1.82) is 0 Å². The van der Waals surface area contributed by atoms with Crippen molar-refractivity contribution in [3.63, 3.8) is 0 Å². The SMILES string of the molecule is Cc1ccnc(N2CCN(CCCCN3C(=O)c4cc(F)ccc4S3(=O)=O)CC2)n1. The molecular formula is C20H24FN5O3S. The zero-order valence-electron chi connectivity index (χ0n) is 16.8. The van der Waals surface area contributed by atoms with Crippen LogP contribution < -0.4 is 4.90 Å². The number of carbonyl (C=O) groups is 1. The lowest BCUT2D eigenvalue weighted by molar-refractivity contribution is 0.0868. The zero-order valence-corrected chi connectivity index (χ0v) is 17.6. The third kappa shape index (κ3) is 4.01. The predicted octanol–water partition coefficient (Wildman–Crippen LogP) is 1.67. The summed E-state index contributed by atoms with van der Waals surface area (Å²) in [5.41, 5.74) is 0.864. The maximum Gasteiger partial charge on any atom is 0.269 e. The van der Waals surface area contributed by atoms with E-state index in [0.29, 0.717) is 6.42 Å². The normalized spacial score (nSPS) is 18.7. The van der Waals surface area contributed by atoms with Gasteiger partial charge >= 0.3 is 0 Å². The summed E-state index contributed by atoms with van der Waals surface area (Å²) in [7, 11) is -3.88. The van der Waals surface area contributed by atoms with E-state index in [2.05, 4.69) is 19.8 Å². The Morgan fingerprint density at radius 2 is 1.80 bits per heavy atom. The highest BCUT2D eigenvalue weighted by Gasteiger charge is 2.40. The van der Waals surface area contributed by atoms with Crippen LogP contribution in [0.4, 0.5) is 10.3 Å². The molecule has 160 valence electrons. The van der Waals surface area contributed by atoms with E-state index in [9.17, 15) is 17.6 Å². The number of unbranched alkanes of at least 4 members (excludes halogenated alkanes) is 1. The Morgan fingerprint density at radius 1 is 1.07 bits per heavy atom. The van der Waals surface area contributed by atoms with Gasteiger partial charge in [-0.05, 0) is 50.6 Å². The number of aryl methyl sites for hydroxylation is 1. The van der Waals surface area contributed by atoms with E-state index in [1.807, 2.05) is 13.0 Å². The summed E-state index contributed by atoms with van der Waals surface area (Å²) in [6.07, 6.45) is 3.10. The first kappa shape index (κ1) is 20.7. The number of piperazine rings is 1. The lowest BCUT2D eigenvalue weighted by Crippen LogP contribution is -2.47. The van der Waals surface area contributed by atoms with Crippen molar-refractivity contribution in [2.45, 2.75) is 24.7 Å². The molecule has 4 rings (SSSR count). The molecule has 1 aromatic carbocycles. The van der Waals surface area contributed by atoms with Crippen LogP contribution in [0.1, 0.15) is 28.9 Å². The standard InChI is InChI=1S/C20H24FN5O3S/c1-15-6-7-22-20(23-15)25-12-10-24(11-13-25)8-2-3-9-26-19(27)17-14-16(21)4-5-18(17)30(26,28)29/h4-7,14H,2-3,8-13H2,1H3. The summed E-state index contributed by atoms with van der Waals surface area (Å²) >= 11 is 0. The lowest BCUT2D eigenvalue weighted by atomic mass is 10.2. The molecule has 0 saturated carbocycles. The van der Waals surface area contributed by atoms with Crippen LogP contribution in [0.5, 0.6) is 0 Å². The topological polar surface area (TPSA) is 86.7 Å². The molecule has 1 amide bonds. The van der Waals surface area contributed by atoms with Crippen LogP contribution in [0.25, 0.3) is 0 Å². The smallest absolute Gasteiger partial charge is 0.269 e. The van der Waals surface area contributed by atoms with E-state index in [-0.39, 0.29) is 17.0 Å². The van der Waals surface area contributed by atoms with Gasteiger partial charge in [-0.2, -0.15) is 0 Å². The number of sulfonamides is 1. The van der Waals surface area contributed by atoms with Crippen LogP contribution in [0.2, 0.25) is 0 Å². The molecule has 2 aliphatic rings. The van der Waals surface area contributed by atoms with Crippen molar-refractivity contribution in [3.05, 3.63) is 47.5 Å². The fourth-order valence-electron chi connectivity index (χ4n) is 3.83. The van der Waals surface area contributed by atoms with Gasteiger partial charge in [0.25, 0.3) is 15.9 Å². The number of nitrogens with zero attached hydrogens (tertiary/aromatic N) is 5. The number of amides is 1. The molecule has 1 saturated heterocycles. The highest BCUT2D eigenvalue weighted by atomic mass is 32.2. The van der Waals surface area contributed by atoms with Crippen molar-refractivity contribution >= 4 is 21.9 Å². The molecule has 10 heteroatoms. The number of rotatable bonds is 6. The number of halogens is 1. The van der Waals surface area contributed by atoms with Crippen molar-refractivity contribution in [2.75, 3.05) is 44.2 Å². The molecule has 30 heavy (non-hydrogen) atoms. The molecule has 0 N–H and O–H groups in total. The highest BCUT2D eigenvalue weighted by molar-refractivity contribution is 7.90. The van der Waals surface area contributed by atoms with E-state index in [0.717, 1.165) is 73.3 Å². The Labute approximate surface area is 175 Å². The summed E-state index contributed by atoms with van der Waals surface area (Å²) in [5.74, 6) is -0.506. The first-order chi connectivity index (χ1) is 14.4. The predicted molar refractivity (Wildman–Crippen MR) is 109 cm³/mol. The van der Waals surface area contributed by atoms with Gasteiger partial charge in [-0.1, -0.05) is 0 Å². The number of aromatic nitrogens is 2. The number of hydrogen-bond donors (Lipinski definition) is 0. The van der Waals surface area contributed by atoms with Gasteiger partial charge in [0.05, 0.1) is 5.56 Å². The zero-order chi connectivity index (χ0) is 21.3. The van der Waals surface area contributed by atoms with E-state index in [4.69, 9.17) is 0 Å². The molecule has 1 aromatic heterocycles. The molecule has 3 heterocycles. The summed E-state index contributed by atoms with van der Waals surface area (Å²) in [5, 5.41) is 0. The maximum absolute atomic E-state index is 13.4. The molecule has 0 bridgehead atoms. The largest absolute Gasteiger partial charge is 0.338 e. The molecule has 8 nitrogen and oxygen atoms in total. The minimum absolute atomic E-state index is 0.0792. The Hall–Kier alpha value is -2.59. The molecule has 2 aliphatic heterocycles. The molecule has 0 unspecified atom stereocenters. The summed E-state index contributed by atoms with van der Waals surface area (Å²) in [6.45, 7) is 6.31. The first-order valence-corrected chi connectivity index (χ1v) is 11.4. The molecule has 0 spiro atoms. The average molecular weight is 434 g/mol. The van der Waals surface area contributed by atoms with Crippen molar-refractivity contribution < 1.29 is 17.6 Å². The van der Waals surface area contributed by atoms with E-state index < -0.39 is 21.7 Å². The van der Waals surface area contributed by atoms with Gasteiger partial charge in [0.15, 0.2) is 0 Å². The van der Waals surface area contributed by atoms with E-state index in [1.165, 1.54) is 0 Å². The van der Waals surface area contributed by atoms with E-state index in [1.54, 1.807) is 6.20 Å². The van der Waals surface area contributed by atoms with Crippen LogP contribution in [0.15, 0.2) is 35.4 Å². The molecule has 0 atom stereocenters. The number of anilines is 1. The van der Waals surface area contributed by atoms with Crippen LogP contribution in [0, 0.1) is 12.7 Å². The van der Waals surface area contributed by atoms with E-state index >= 15 is 0 Å². The third-order valence-corrected chi connectivity index (χ3v) is 7.33. The van der Waals surface area contributed by atoms with Crippen molar-refractivity contribution in [2.24, 2.45) is 0 Å². The molecule has 1 fully saturated rings. The Balaban J connectivity index is 1.25. The van der Waals surface area contributed by atoms with Gasteiger partial charge in [0.1, 0.15) is 10.7 Å². The molecule has 2 aromatic rings. The highest BCUT2D eigenvalue weighted by Crippen LogP contribution is 2.30. The first-order valence-electron chi connectivity index (χ1n) is 10.00. The van der Waals surface area contributed by atoms with Gasteiger partial charge in [0, 0.05) is 44.6 Å². The Morgan fingerprint density at radius 3 is 2.53 bits per heavy atom. The fraction of sp³-hybridized carbons (Fsp3) is 0.450. The number of benzene rings is 1. The van der Waals surface area contributed by atoms with Crippen LogP contribution in [0.3, 0.4) is 0 Å². The molecule has 0 aliphatic carbocycles. The summed E-state index contributed by atoms with van der Waals surface area (Å²) < 4.78 is 39.4. The summed E-state index contributed by atoms with van der Waals surface area (Å²) in [4.78, 5) is 25.6. The average Bonchev–Trinajstić information content (AvgIpc) is 2.91. The van der Waals surface area contributed by atoms with Gasteiger partial charge in [-0.15, -0.1) is 0 Å². The van der Waals surface area contributed by atoms with Gasteiger partial charge in [-0.25, -0.2) is 27.1 Å². The second kappa shape index (κ2) is 8.27. The Kier molecular flexibility index (Phi) is 5.70. The quantitative estimate of drug-likeness (QED) is 0.641. The van der Waals surface area contributed by atoms with Gasteiger partial charge < -0.3 is 4.90 Å². The number of hydrogen-bond acceptors (Lipinski definition) is 7. The second-order valence-corrected chi connectivity index (χ2v) is 9.39. The Bertz CT molecular complexity index is 1050. The molecule has 0 radical (unpaired) electrons. The van der Waals surface area contributed by atoms with Gasteiger partial charge in [-0.3, -0.25) is 9.69 Å². The van der Waals surface area contributed by atoms with Crippen molar-refractivity contribution in [1.82, 2.24) is 19.2 Å². The summed E-state index contributed by atoms with van der Waals surface area (Å²) in [6, 6.07) is 5.09. The number of carbonyl (C=O) groups excluding carboxylic acids is 1.